The third-order valence-corrected chi connectivity index (χ3v) is 2.78. The predicted octanol–water partition coefficient (Wildman–Crippen LogP) is 2.89. The summed E-state index contributed by atoms with van der Waals surface area (Å²) < 4.78 is 20.3. The minimum Gasteiger partial charge on any atom is -0.460 e. The first-order valence-corrected chi connectivity index (χ1v) is 9.48. The molecule has 9 heteroatoms. The SMILES string of the molecule is CC(C)(C)OC(=O)CCC(NC(=O)OCC(=O)OC(C)(C)C)C(=O)OC(C)(C)C. The summed E-state index contributed by atoms with van der Waals surface area (Å²) in [5.74, 6) is -1.97. The van der Waals surface area contributed by atoms with Gasteiger partial charge in [-0.25, -0.2) is 14.4 Å². The van der Waals surface area contributed by atoms with Crippen LogP contribution in [0.15, 0.2) is 0 Å². The molecule has 0 radical (unpaired) electrons. The van der Waals surface area contributed by atoms with Gasteiger partial charge in [-0.3, -0.25) is 4.79 Å². The van der Waals surface area contributed by atoms with Crippen LogP contribution in [0.3, 0.4) is 0 Å². The van der Waals surface area contributed by atoms with E-state index < -0.39 is 53.5 Å². The molecule has 29 heavy (non-hydrogen) atoms. The number of hydrogen-bond acceptors (Lipinski definition) is 8. The van der Waals surface area contributed by atoms with Crippen molar-refractivity contribution in [2.24, 2.45) is 0 Å². The number of alkyl carbamates (subject to hydrolysis) is 1. The van der Waals surface area contributed by atoms with E-state index in [-0.39, 0.29) is 12.8 Å². The van der Waals surface area contributed by atoms with Crippen LogP contribution < -0.4 is 5.32 Å². The number of hydrogen-bond donors (Lipinski definition) is 1. The quantitative estimate of drug-likeness (QED) is 0.496. The van der Waals surface area contributed by atoms with E-state index in [1.807, 2.05) is 0 Å². The second kappa shape index (κ2) is 10.5. The minimum atomic E-state index is -1.15. The van der Waals surface area contributed by atoms with Gasteiger partial charge in [0.05, 0.1) is 0 Å². The van der Waals surface area contributed by atoms with Crippen LogP contribution in [0.5, 0.6) is 0 Å². The molecule has 0 saturated carbocycles. The molecule has 1 amide bonds. The van der Waals surface area contributed by atoms with E-state index in [1.54, 1.807) is 62.3 Å². The van der Waals surface area contributed by atoms with Crippen LogP contribution in [0.1, 0.15) is 75.2 Å². The van der Waals surface area contributed by atoms with E-state index in [4.69, 9.17) is 18.9 Å². The Morgan fingerprint density at radius 1 is 0.724 bits per heavy atom. The van der Waals surface area contributed by atoms with E-state index in [1.165, 1.54) is 0 Å². The number of carbonyl (C=O) groups excluding carboxylic acids is 4. The lowest BCUT2D eigenvalue weighted by atomic mass is 10.1. The van der Waals surface area contributed by atoms with Gasteiger partial charge in [-0.2, -0.15) is 0 Å². The topological polar surface area (TPSA) is 117 Å². The molecule has 0 aromatic carbocycles. The molecule has 0 saturated heterocycles. The van der Waals surface area contributed by atoms with Crippen LogP contribution in [0, 0.1) is 0 Å². The zero-order valence-electron chi connectivity index (χ0n) is 19.0. The second-order valence-electron chi connectivity index (χ2n) is 9.52. The summed E-state index contributed by atoms with van der Waals surface area (Å²) >= 11 is 0. The first kappa shape index (κ1) is 26.7. The molecule has 1 unspecified atom stereocenters. The summed E-state index contributed by atoms with van der Waals surface area (Å²) in [7, 11) is 0. The Morgan fingerprint density at radius 2 is 1.17 bits per heavy atom. The number of rotatable bonds is 7. The molecule has 168 valence electrons. The molecule has 0 aliphatic heterocycles. The third-order valence-electron chi connectivity index (χ3n) is 2.78. The molecule has 9 nitrogen and oxygen atoms in total. The maximum absolute atomic E-state index is 12.4. The largest absolute Gasteiger partial charge is 0.460 e. The molecule has 0 aromatic heterocycles. The highest BCUT2D eigenvalue weighted by atomic mass is 16.6. The van der Waals surface area contributed by atoms with Gasteiger partial charge in [-0.05, 0) is 68.7 Å². The Bertz CT molecular complexity index is 593. The van der Waals surface area contributed by atoms with E-state index in [0.29, 0.717) is 0 Å². The third kappa shape index (κ3) is 15.3. The summed E-state index contributed by atoms with van der Waals surface area (Å²) in [6.07, 6.45) is -1.17. The molecule has 0 bridgehead atoms. The van der Waals surface area contributed by atoms with Crippen LogP contribution in [0.25, 0.3) is 0 Å². The Kier molecular flexibility index (Phi) is 9.62. The highest BCUT2D eigenvalue weighted by molar-refractivity contribution is 5.83. The molecule has 1 N–H and O–H groups in total. The van der Waals surface area contributed by atoms with Gasteiger partial charge in [-0.1, -0.05) is 0 Å². The number of nitrogens with one attached hydrogen (secondary N) is 1. The van der Waals surface area contributed by atoms with Gasteiger partial charge in [0.1, 0.15) is 22.8 Å². The molecule has 1 atom stereocenters. The molecular weight excluding hydrogens is 382 g/mol. The number of esters is 3. The molecule has 0 aliphatic carbocycles. The lowest BCUT2D eigenvalue weighted by Gasteiger charge is -2.25. The summed E-state index contributed by atoms with van der Waals surface area (Å²) in [4.78, 5) is 47.9. The maximum atomic E-state index is 12.4. The smallest absolute Gasteiger partial charge is 0.408 e. The normalized spacial score (nSPS) is 13.1. The molecule has 0 heterocycles. The van der Waals surface area contributed by atoms with Crippen molar-refractivity contribution in [3.8, 4) is 0 Å². The molecule has 0 aliphatic rings. The summed E-state index contributed by atoms with van der Waals surface area (Å²) in [5, 5.41) is 2.32. The summed E-state index contributed by atoms with van der Waals surface area (Å²) in [6.45, 7) is 14.6. The highest BCUT2D eigenvalue weighted by Crippen LogP contribution is 2.14. The van der Waals surface area contributed by atoms with Crippen LogP contribution in [-0.2, 0) is 33.3 Å². The monoisotopic (exact) mass is 417 g/mol. The zero-order chi connectivity index (χ0) is 23.0. The Balaban J connectivity index is 4.88. The standard InChI is InChI=1S/C20H35NO8/c1-18(2,3)27-14(22)11-10-13(16(24)29-20(7,8)9)21-17(25)26-12-15(23)28-19(4,5)6/h13H,10-12H2,1-9H3,(H,21,25). The van der Waals surface area contributed by atoms with Crippen molar-refractivity contribution in [2.45, 2.75) is 98.0 Å². The maximum Gasteiger partial charge on any atom is 0.408 e. The minimum absolute atomic E-state index is 0.0502. The fourth-order valence-corrected chi connectivity index (χ4v) is 1.96. The zero-order valence-corrected chi connectivity index (χ0v) is 19.0. The van der Waals surface area contributed by atoms with Gasteiger partial charge in [0.2, 0.25) is 0 Å². The Labute approximate surface area is 172 Å². The van der Waals surface area contributed by atoms with Crippen molar-refractivity contribution < 1.29 is 38.1 Å². The fraction of sp³-hybridized carbons (Fsp3) is 0.800. The van der Waals surface area contributed by atoms with E-state index in [0.717, 1.165) is 0 Å². The van der Waals surface area contributed by atoms with Crippen molar-refractivity contribution >= 4 is 24.0 Å². The predicted molar refractivity (Wildman–Crippen MR) is 105 cm³/mol. The molecule has 0 rings (SSSR count). The average Bonchev–Trinajstić information content (AvgIpc) is 2.43. The first-order valence-electron chi connectivity index (χ1n) is 9.48. The van der Waals surface area contributed by atoms with E-state index >= 15 is 0 Å². The molecule has 0 fully saturated rings. The average molecular weight is 417 g/mol. The van der Waals surface area contributed by atoms with Crippen molar-refractivity contribution in [2.75, 3.05) is 6.61 Å². The van der Waals surface area contributed by atoms with Crippen molar-refractivity contribution in [1.29, 1.82) is 0 Å². The lowest BCUT2D eigenvalue weighted by Crippen LogP contribution is -2.45. The van der Waals surface area contributed by atoms with Crippen LogP contribution in [0.4, 0.5) is 4.79 Å². The number of ether oxygens (including phenoxy) is 4. The van der Waals surface area contributed by atoms with Gasteiger partial charge < -0.3 is 24.3 Å². The van der Waals surface area contributed by atoms with Gasteiger partial charge >= 0.3 is 24.0 Å². The van der Waals surface area contributed by atoms with Gasteiger partial charge in [0.25, 0.3) is 0 Å². The highest BCUT2D eigenvalue weighted by Gasteiger charge is 2.29. The summed E-state index contributed by atoms with van der Waals surface area (Å²) in [5.41, 5.74) is -2.18. The van der Waals surface area contributed by atoms with Crippen molar-refractivity contribution in [3.05, 3.63) is 0 Å². The first-order chi connectivity index (χ1) is 12.9. The number of amides is 1. The van der Waals surface area contributed by atoms with Crippen molar-refractivity contribution in [1.82, 2.24) is 5.32 Å². The second-order valence-corrected chi connectivity index (χ2v) is 9.52. The Hall–Kier alpha value is -2.32. The van der Waals surface area contributed by atoms with Gasteiger partial charge in [0.15, 0.2) is 6.61 Å². The van der Waals surface area contributed by atoms with E-state index in [9.17, 15) is 19.2 Å². The van der Waals surface area contributed by atoms with Gasteiger partial charge in [-0.15, -0.1) is 0 Å². The van der Waals surface area contributed by atoms with Crippen molar-refractivity contribution in [3.63, 3.8) is 0 Å². The lowest BCUT2D eigenvalue weighted by molar-refractivity contribution is -0.158. The molecular formula is C20H35NO8. The fourth-order valence-electron chi connectivity index (χ4n) is 1.96. The van der Waals surface area contributed by atoms with E-state index in [2.05, 4.69) is 5.32 Å². The molecule has 0 spiro atoms. The Morgan fingerprint density at radius 3 is 1.62 bits per heavy atom. The van der Waals surface area contributed by atoms with Gasteiger partial charge in [0, 0.05) is 6.42 Å². The number of carbonyl (C=O) groups is 4. The van der Waals surface area contributed by atoms with Crippen LogP contribution in [0.2, 0.25) is 0 Å². The summed E-state index contributed by atoms with van der Waals surface area (Å²) in [6, 6.07) is -1.15. The van der Waals surface area contributed by atoms with Crippen LogP contribution in [-0.4, -0.2) is 53.5 Å². The van der Waals surface area contributed by atoms with Crippen LogP contribution >= 0.6 is 0 Å². The molecule has 0 aromatic rings.